The van der Waals surface area contributed by atoms with Gasteiger partial charge in [-0.05, 0) is 31.7 Å². The molecule has 0 saturated heterocycles. The van der Waals surface area contributed by atoms with Gasteiger partial charge in [0.2, 0.25) is 0 Å². The molecule has 0 saturated carbocycles. The maximum atomic E-state index is 5.97. The number of terminal acetylenes is 1. The first-order valence-electron chi connectivity index (χ1n) is 5.33. The highest BCUT2D eigenvalue weighted by Crippen LogP contribution is 2.27. The van der Waals surface area contributed by atoms with Crippen molar-refractivity contribution in [2.24, 2.45) is 0 Å². The van der Waals surface area contributed by atoms with Gasteiger partial charge in [-0.3, -0.25) is 4.90 Å². The van der Waals surface area contributed by atoms with E-state index in [1.54, 1.807) is 18.2 Å². The molecule has 0 radical (unpaired) electrons. The van der Waals surface area contributed by atoms with Crippen molar-refractivity contribution in [3.63, 3.8) is 0 Å². The van der Waals surface area contributed by atoms with Gasteiger partial charge in [0.15, 0.2) is 0 Å². The normalized spacial score (nSPS) is 9.72. The van der Waals surface area contributed by atoms with Crippen LogP contribution in [0, 0.1) is 12.3 Å². The van der Waals surface area contributed by atoms with E-state index >= 15 is 0 Å². The molecule has 1 aromatic carbocycles. The first-order chi connectivity index (χ1) is 8.13. The van der Waals surface area contributed by atoms with Gasteiger partial charge >= 0.3 is 1.43 Å². The summed E-state index contributed by atoms with van der Waals surface area (Å²) in [5.41, 5.74) is 0. The summed E-state index contributed by atoms with van der Waals surface area (Å²) in [5.74, 6) is 3.25. The van der Waals surface area contributed by atoms with Crippen LogP contribution in [0.1, 0.15) is 7.85 Å². The highest BCUT2D eigenvalue weighted by atomic mass is 35.5. The lowest BCUT2D eigenvalue weighted by atomic mass is 10.3. The number of hydrogen-bond acceptors (Lipinski definition) is 2. The minimum atomic E-state index is 0. The minimum absolute atomic E-state index is 0. The molecular weight excluding hydrogens is 293 g/mol. The van der Waals surface area contributed by atoms with Gasteiger partial charge in [-0.25, -0.2) is 0 Å². The molecule has 0 aliphatic heterocycles. The van der Waals surface area contributed by atoms with Crippen LogP contribution in [-0.2, 0) is 0 Å². The van der Waals surface area contributed by atoms with E-state index in [9.17, 15) is 0 Å². The number of halogens is 3. The van der Waals surface area contributed by atoms with Gasteiger partial charge in [0.05, 0.1) is 18.2 Å². The third-order valence-electron chi connectivity index (χ3n) is 2.20. The maximum Gasteiger partial charge on any atom is 1.00 e. The summed E-state index contributed by atoms with van der Waals surface area (Å²) in [4.78, 5) is 2.06. The van der Waals surface area contributed by atoms with Crippen LogP contribution in [0.3, 0.4) is 0 Å². The molecule has 18 heavy (non-hydrogen) atoms. The summed E-state index contributed by atoms with van der Waals surface area (Å²) in [6.45, 7) is 2.16. The van der Waals surface area contributed by atoms with Crippen molar-refractivity contribution in [1.29, 1.82) is 0 Å². The maximum absolute atomic E-state index is 5.97. The largest absolute Gasteiger partial charge is 1.00 e. The zero-order valence-electron chi connectivity index (χ0n) is 11.1. The molecule has 2 nitrogen and oxygen atoms in total. The van der Waals surface area contributed by atoms with E-state index in [1.165, 1.54) is 0 Å². The Kier molecular flexibility index (Phi) is 9.05. The van der Waals surface area contributed by atoms with Crippen LogP contribution in [-0.4, -0.2) is 31.6 Å². The molecule has 1 rings (SSSR count). The summed E-state index contributed by atoms with van der Waals surface area (Å²) in [6, 6.07) is 5.20. The number of hydrogen-bond donors (Lipinski definition) is 0. The lowest BCUT2D eigenvalue weighted by Crippen LogP contribution is -3.00. The van der Waals surface area contributed by atoms with Crippen molar-refractivity contribution in [2.75, 3.05) is 26.7 Å². The molecule has 1 aromatic rings. The standard InChI is InChI=1S/C13H15Cl2NO.ClH/c1-3-7-16(2)8-4-9-17-13-6-5-11(14)10-12(13)15;/h1,5-6,10H,4,7-9H2,2H3;1H. The molecule has 0 N–H and O–H groups in total. The highest BCUT2D eigenvalue weighted by molar-refractivity contribution is 6.35. The highest BCUT2D eigenvalue weighted by Gasteiger charge is 2.02. The molecule has 0 unspecified atom stereocenters. The molecule has 0 aromatic heterocycles. The summed E-state index contributed by atoms with van der Waals surface area (Å²) in [6.07, 6.45) is 6.11. The second-order valence-electron chi connectivity index (χ2n) is 3.72. The van der Waals surface area contributed by atoms with Crippen LogP contribution in [0.25, 0.3) is 0 Å². The fraction of sp³-hybridized carbons (Fsp3) is 0.385. The Morgan fingerprint density at radius 1 is 1.44 bits per heavy atom. The van der Waals surface area contributed by atoms with E-state index in [2.05, 4.69) is 10.8 Å². The molecule has 5 heteroatoms. The first-order valence-corrected chi connectivity index (χ1v) is 6.09. The number of ether oxygens (including phenoxy) is 1. The lowest BCUT2D eigenvalue weighted by molar-refractivity contribution is -0.00000380. The fourth-order valence-corrected chi connectivity index (χ4v) is 1.81. The van der Waals surface area contributed by atoms with Crippen LogP contribution in [0.15, 0.2) is 18.2 Å². The van der Waals surface area contributed by atoms with Gasteiger partial charge in [0.25, 0.3) is 0 Å². The molecular formula is C13H16Cl3NO. The Bertz CT molecular complexity index is 409. The summed E-state index contributed by atoms with van der Waals surface area (Å²) in [5, 5.41) is 1.14. The van der Waals surface area contributed by atoms with Crippen molar-refractivity contribution >= 4 is 23.2 Å². The van der Waals surface area contributed by atoms with Crippen LogP contribution in [0.5, 0.6) is 5.75 Å². The second-order valence-corrected chi connectivity index (χ2v) is 4.56. The first kappa shape index (κ1) is 17.4. The Morgan fingerprint density at radius 3 is 2.78 bits per heavy atom. The van der Waals surface area contributed by atoms with Crippen LogP contribution < -0.4 is 17.1 Å². The Balaban J connectivity index is 0. The van der Waals surface area contributed by atoms with Crippen LogP contribution in [0.2, 0.25) is 10.0 Å². The molecule has 0 amide bonds. The van der Waals surface area contributed by atoms with E-state index in [0.29, 0.717) is 28.9 Å². The second kappa shape index (κ2) is 9.35. The van der Waals surface area contributed by atoms with E-state index in [0.717, 1.165) is 13.0 Å². The number of nitrogens with zero attached hydrogens (tertiary/aromatic N) is 1. The molecule has 0 spiro atoms. The molecule has 0 aliphatic rings. The van der Waals surface area contributed by atoms with Crippen molar-refractivity contribution in [3.05, 3.63) is 28.2 Å². The van der Waals surface area contributed by atoms with Gasteiger partial charge < -0.3 is 17.1 Å². The zero-order chi connectivity index (χ0) is 12.7. The van der Waals surface area contributed by atoms with E-state index in [-0.39, 0.29) is 13.8 Å². The third-order valence-corrected chi connectivity index (χ3v) is 2.73. The molecule has 0 aliphatic carbocycles. The predicted octanol–water partition coefficient (Wildman–Crippen LogP) is 0.444. The summed E-state index contributed by atoms with van der Waals surface area (Å²) >= 11 is 11.8. The van der Waals surface area contributed by atoms with Crippen molar-refractivity contribution in [1.82, 2.24) is 4.90 Å². The minimum Gasteiger partial charge on any atom is -1.00 e. The third kappa shape index (κ3) is 6.37. The Hall–Kier alpha value is -0.590. The number of benzene rings is 1. The predicted molar refractivity (Wildman–Crippen MR) is 74.0 cm³/mol. The Morgan fingerprint density at radius 2 is 2.17 bits per heavy atom. The van der Waals surface area contributed by atoms with E-state index in [1.807, 2.05) is 7.05 Å². The number of rotatable bonds is 6. The van der Waals surface area contributed by atoms with E-state index < -0.39 is 0 Å². The van der Waals surface area contributed by atoms with Crippen molar-refractivity contribution in [3.8, 4) is 18.1 Å². The van der Waals surface area contributed by atoms with Gasteiger partial charge in [0.1, 0.15) is 5.75 Å². The monoisotopic (exact) mass is 307 g/mol. The zero-order valence-corrected chi connectivity index (χ0v) is 12.4. The smallest absolute Gasteiger partial charge is 1.00 e. The molecule has 0 fully saturated rings. The van der Waals surface area contributed by atoms with Gasteiger partial charge in [0, 0.05) is 11.6 Å². The van der Waals surface area contributed by atoms with Gasteiger partial charge in [-0.2, -0.15) is 0 Å². The van der Waals surface area contributed by atoms with Crippen LogP contribution >= 0.6 is 23.2 Å². The van der Waals surface area contributed by atoms with Crippen molar-refractivity contribution < 1.29 is 18.6 Å². The fourth-order valence-electron chi connectivity index (χ4n) is 1.34. The average molecular weight is 309 g/mol. The van der Waals surface area contributed by atoms with Crippen LogP contribution in [0.4, 0.5) is 0 Å². The van der Waals surface area contributed by atoms with Gasteiger partial charge in [-0.1, -0.05) is 29.1 Å². The van der Waals surface area contributed by atoms with E-state index in [4.69, 9.17) is 34.4 Å². The summed E-state index contributed by atoms with van der Waals surface area (Å²) < 4.78 is 5.55. The summed E-state index contributed by atoms with van der Waals surface area (Å²) in [7, 11) is 1.98. The topological polar surface area (TPSA) is 12.5 Å². The Labute approximate surface area is 126 Å². The lowest BCUT2D eigenvalue weighted by Gasteiger charge is -2.13. The molecule has 0 atom stereocenters. The quantitative estimate of drug-likeness (QED) is 0.559. The molecule has 100 valence electrons. The average Bonchev–Trinajstić information content (AvgIpc) is 2.27. The van der Waals surface area contributed by atoms with Crippen molar-refractivity contribution in [2.45, 2.75) is 6.42 Å². The molecule has 0 bridgehead atoms. The van der Waals surface area contributed by atoms with Gasteiger partial charge in [-0.15, -0.1) is 6.42 Å². The SMILES string of the molecule is C#CCN(C)CCCOc1ccc(Cl)cc1Cl.[Cl-].[H+]. The molecule has 0 heterocycles.